The van der Waals surface area contributed by atoms with Crippen LogP contribution in [0, 0.1) is 0 Å². The van der Waals surface area contributed by atoms with Crippen molar-refractivity contribution in [1.82, 2.24) is 10.2 Å². The van der Waals surface area contributed by atoms with Crippen molar-refractivity contribution in [2.75, 3.05) is 13.1 Å². The van der Waals surface area contributed by atoms with Crippen molar-refractivity contribution in [1.29, 1.82) is 0 Å². The van der Waals surface area contributed by atoms with E-state index in [2.05, 4.69) is 10.2 Å². The van der Waals surface area contributed by atoms with E-state index in [0.717, 1.165) is 23.1 Å². The summed E-state index contributed by atoms with van der Waals surface area (Å²) in [6, 6.07) is 17.5. The minimum atomic E-state index is -0.401. The molecular formula is C25H23Cl3N2O2S. The van der Waals surface area contributed by atoms with Crippen LogP contribution in [0.3, 0.4) is 0 Å². The molecule has 0 aromatic heterocycles. The lowest BCUT2D eigenvalue weighted by molar-refractivity contribution is 0.290. The third-order valence-electron chi connectivity index (χ3n) is 5.91. The number of rotatable bonds is 5. The van der Waals surface area contributed by atoms with Crippen LogP contribution >= 0.6 is 47.0 Å². The molecule has 1 aliphatic heterocycles. The van der Waals surface area contributed by atoms with Crippen molar-refractivity contribution in [3.63, 3.8) is 0 Å². The number of nitrogens with zero attached hydrogens (tertiary/aromatic N) is 1. The van der Waals surface area contributed by atoms with Gasteiger partial charge in [0.05, 0.1) is 16.1 Å². The molecule has 1 unspecified atom stereocenters. The lowest BCUT2D eigenvalue weighted by Gasteiger charge is -2.40. The fraction of sp³-hybridized carbons (Fsp3) is 0.240. The van der Waals surface area contributed by atoms with E-state index < -0.39 is 5.75 Å². The third kappa shape index (κ3) is 5.17. The second-order valence-electron chi connectivity index (χ2n) is 7.97. The fourth-order valence-electron chi connectivity index (χ4n) is 4.22. The Bertz CT molecular complexity index is 1160. The maximum Gasteiger partial charge on any atom is 0.178 e. The van der Waals surface area contributed by atoms with Gasteiger partial charge >= 0.3 is 0 Å². The Balaban J connectivity index is 1.60. The monoisotopic (exact) mass is 520 g/mol. The number of phenolic OH excluding ortho intramolecular Hbond substituents is 2. The van der Waals surface area contributed by atoms with Crippen LogP contribution in [0.25, 0.3) is 0 Å². The molecule has 172 valence electrons. The summed E-state index contributed by atoms with van der Waals surface area (Å²) in [7, 11) is 0. The molecule has 1 atom stereocenters. The van der Waals surface area contributed by atoms with E-state index in [1.165, 1.54) is 0 Å². The van der Waals surface area contributed by atoms with Crippen molar-refractivity contribution in [3.05, 3.63) is 91.9 Å². The zero-order valence-corrected chi connectivity index (χ0v) is 20.8. The van der Waals surface area contributed by atoms with Gasteiger partial charge in [0.25, 0.3) is 0 Å². The topological polar surface area (TPSA) is 55.7 Å². The molecule has 33 heavy (non-hydrogen) atoms. The first kappa shape index (κ1) is 24.0. The van der Waals surface area contributed by atoms with Gasteiger partial charge in [-0.15, -0.1) is 0 Å². The summed E-state index contributed by atoms with van der Waals surface area (Å²) in [5.74, 6) is -0.780. The van der Waals surface area contributed by atoms with Gasteiger partial charge < -0.3 is 20.4 Å². The normalized spacial score (nSPS) is 15.2. The molecule has 1 heterocycles. The molecule has 3 N–H and O–H groups in total. The second-order valence-corrected chi connectivity index (χ2v) is 9.55. The minimum absolute atomic E-state index is 0.112. The van der Waals surface area contributed by atoms with Crippen LogP contribution in [-0.2, 0) is 19.3 Å². The largest absolute Gasteiger partial charge is 0.503 e. The van der Waals surface area contributed by atoms with Gasteiger partial charge in [-0.2, -0.15) is 0 Å². The molecule has 0 bridgehead atoms. The lowest BCUT2D eigenvalue weighted by Crippen LogP contribution is -2.46. The van der Waals surface area contributed by atoms with Crippen molar-refractivity contribution in [3.8, 4) is 11.5 Å². The Morgan fingerprint density at radius 2 is 1.61 bits per heavy atom. The predicted molar refractivity (Wildman–Crippen MR) is 139 cm³/mol. The first-order chi connectivity index (χ1) is 15.9. The van der Waals surface area contributed by atoms with E-state index in [1.807, 2.05) is 54.6 Å². The van der Waals surface area contributed by atoms with Gasteiger partial charge in [0.1, 0.15) is 0 Å². The van der Waals surface area contributed by atoms with Crippen LogP contribution in [0.15, 0.2) is 54.6 Å². The summed E-state index contributed by atoms with van der Waals surface area (Å²) in [4.78, 5) is 2.09. The highest BCUT2D eigenvalue weighted by molar-refractivity contribution is 7.80. The maximum absolute atomic E-state index is 10.4. The molecule has 0 saturated heterocycles. The average molecular weight is 522 g/mol. The van der Waals surface area contributed by atoms with Crippen molar-refractivity contribution in [2.45, 2.75) is 25.3 Å². The number of hydrogen-bond acceptors (Lipinski definition) is 3. The molecule has 4 nitrogen and oxygen atoms in total. The summed E-state index contributed by atoms with van der Waals surface area (Å²) in [6.45, 7) is 1.27. The first-order valence-corrected chi connectivity index (χ1v) is 12.2. The summed E-state index contributed by atoms with van der Waals surface area (Å²) in [5.41, 5.74) is 3.71. The van der Waals surface area contributed by atoms with Crippen LogP contribution in [0.5, 0.6) is 11.5 Å². The Hall–Kier alpha value is -2.18. The SMILES string of the molecule is Oc1c(O)c(Cl)c2c(c1Cl)CCN(C(=S)NCCc1ccc(Cl)cc1)C2Cc1ccccc1. The lowest BCUT2D eigenvalue weighted by atomic mass is 9.88. The maximum atomic E-state index is 10.4. The number of benzene rings is 3. The van der Waals surface area contributed by atoms with Crippen LogP contribution < -0.4 is 5.32 Å². The molecule has 0 amide bonds. The molecule has 0 saturated carbocycles. The van der Waals surface area contributed by atoms with E-state index in [0.29, 0.717) is 41.6 Å². The second kappa shape index (κ2) is 10.4. The number of nitrogens with one attached hydrogen (secondary N) is 1. The first-order valence-electron chi connectivity index (χ1n) is 10.6. The van der Waals surface area contributed by atoms with E-state index in [-0.39, 0.29) is 21.8 Å². The van der Waals surface area contributed by atoms with Gasteiger partial charge in [-0.25, -0.2) is 0 Å². The molecule has 4 rings (SSSR count). The van der Waals surface area contributed by atoms with Crippen LogP contribution in [0.4, 0.5) is 0 Å². The third-order valence-corrected chi connectivity index (χ3v) is 7.34. The quantitative estimate of drug-likeness (QED) is 0.271. The number of halogens is 3. The molecule has 0 spiro atoms. The summed E-state index contributed by atoms with van der Waals surface area (Å²) in [6.07, 6.45) is 1.96. The number of aromatic hydroxyl groups is 2. The number of phenols is 2. The Morgan fingerprint density at radius 3 is 2.30 bits per heavy atom. The molecule has 1 aliphatic rings. The zero-order chi connectivity index (χ0) is 23.5. The molecule has 0 fully saturated rings. The van der Waals surface area contributed by atoms with Gasteiger partial charge in [0.15, 0.2) is 16.6 Å². The fourth-order valence-corrected chi connectivity index (χ4v) is 5.29. The van der Waals surface area contributed by atoms with Crippen molar-refractivity contribution in [2.24, 2.45) is 0 Å². The van der Waals surface area contributed by atoms with E-state index in [4.69, 9.17) is 47.0 Å². The average Bonchev–Trinajstić information content (AvgIpc) is 2.83. The molecule has 3 aromatic rings. The number of thiocarbonyl (C=S) groups is 1. The molecule has 0 aliphatic carbocycles. The summed E-state index contributed by atoms with van der Waals surface area (Å²) in [5, 5.41) is 25.5. The Labute approximate surface area is 213 Å². The highest BCUT2D eigenvalue weighted by atomic mass is 35.5. The molecule has 0 radical (unpaired) electrons. The van der Waals surface area contributed by atoms with E-state index in [1.54, 1.807) is 0 Å². The van der Waals surface area contributed by atoms with Gasteiger partial charge in [0, 0.05) is 23.7 Å². The van der Waals surface area contributed by atoms with Gasteiger partial charge in [0.2, 0.25) is 0 Å². The number of hydrogen-bond donors (Lipinski definition) is 3. The Kier molecular flexibility index (Phi) is 7.55. The standard InChI is InChI=1S/C25H23Cl3N2O2S/c26-17-8-6-15(7-9-17)10-12-29-25(33)30-13-11-18-20(22(28)24(32)23(31)21(18)27)19(30)14-16-4-2-1-3-5-16/h1-9,19,31-32H,10-14H2,(H,29,33). The van der Waals surface area contributed by atoms with Gasteiger partial charge in [-0.1, -0.05) is 77.3 Å². The summed E-state index contributed by atoms with van der Waals surface area (Å²) < 4.78 is 0. The molecular weight excluding hydrogens is 499 g/mol. The predicted octanol–water partition coefficient (Wildman–Crippen LogP) is 6.32. The zero-order valence-electron chi connectivity index (χ0n) is 17.7. The van der Waals surface area contributed by atoms with Gasteiger partial charge in [-0.05, 0) is 60.3 Å². The van der Waals surface area contributed by atoms with Crippen LogP contribution in [-0.4, -0.2) is 33.3 Å². The van der Waals surface area contributed by atoms with E-state index >= 15 is 0 Å². The van der Waals surface area contributed by atoms with E-state index in [9.17, 15) is 10.2 Å². The summed E-state index contributed by atoms with van der Waals surface area (Å²) >= 11 is 24.7. The Morgan fingerprint density at radius 1 is 0.939 bits per heavy atom. The molecule has 8 heteroatoms. The smallest absolute Gasteiger partial charge is 0.178 e. The van der Waals surface area contributed by atoms with Crippen molar-refractivity contribution < 1.29 is 10.2 Å². The minimum Gasteiger partial charge on any atom is -0.503 e. The van der Waals surface area contributed by atoms with Crippen LogP contribution in [0.2, 0.25) is 15.1 Å². The molecule has 3 aromatic carbocycles. The van der Waals surface area contributed by atoms with Crippen LogP contribution in [0.1, 0.15) is 28.3 Å². The van der Waals surface area contributed by atoms with Gasteiger partial charge in [-0.3, -0.25) is 0 Å². The highest BCUT2D eigenvalue weighted by Crippen LogP contribution is 2.50. The highest BCUT2D eigenvalue weighted by Gasteiger charge is 2.35. The number of fused-ring (bicyclic) bond motifs is 1. The van der Waals surface area contributed by atoms with Crippen molar-refractivity contribution >= 4 is 52.1 Å².